The molecule has 0 aliphatic carbocycles. The minimum Gasteiger partial charge on any atom is -0.361 e. The van der Waals surface area contributed by atoms with Gasteiger partial charge in [-0.3, -0.25) is 0 Å². The zero-order valence-corrected chi connectivity index (χ0v) is 10.6. The first-order chi connectivity index (χ1) is 7.65. The van der Waals surface area contributed by atoms with Gasteiger partial charge in [0, 0.05) is 16.7 Å². The monoisotopic (exact) mass is 233 g/mol. The third-order valence-electron chi connectivity index (χ3n) is 2.54. The highest BCUT2D eigenvalue weighted by Crippen LogP contribution is 2.24. The molecule has 0 radical (unpaired) electrons. The molecule has 0 bridgehead atoms. The van der Waals surface area contributed by atoms with Crippen LogP contribution in [0.25, 0.3) is 0 Å². The van der Waals surface area contributed by atoms with Crippen molar-refractivity contribution in [2.45, 2.75) is 31.4 Å². The first kappa shape index (κ1) is 11.3. The van der Waals surface area contributed by atoms with Crippen molar-refractivity contribution in [1.82, 2.24) is 5.16 Å². The maximum atomic E-state index is 5.03. The zero-order valence-electron chi connectivity index (χ0n) is 9.78. The third kappa shape index (κ3) is 2.67. The second-order valence-corrected chi connectivity index (χ2v) is 5.01. The van der Waals surface area contributed by atoms with Crippen LogP contribution in [0.15, 0.2) is 33.7 Å². The van der Waals surface area contributed by atoms with Crippen molar-refractivity contribution in [3.05, 3.63) is 46.8 Å². The number of nitrogens with zero attached hydrogens (tertiary/aromatic N) is 1. The molecule has 2 nitrogen and oxygen atoms in total. The lowest BCUT2D eigenvalue weighted by Gasteiger charge is -2.03. The number of benzene rings is 1. The Hall–Kier alpha value is -1.22. The maximum Gasteiger partial charge on any atom is 0.133 e. The van der Waals surface area contributed by atoms with Crippen LogP contribution in [0.3, 0.4) is 0 Å². The SMILES string of the molecule is Cc1cc(CSc2ccc(C)c(C)c2)no1. The lowest BCUT2D eigenvalue weighted by atomic mass is 10.1. The van der Waals surface area contributed by atoms with Gasteiger partial charge in [0.25, 0.3) is 0 Å². The van der Waals surface area contributed by atoms with Crippen LogP contribution < -0.4 is 0 Å². The second kappa shape index (κ2) is 4.74. The molecule has 1 heterocycles. The largest absolute Gasteiger partial charge is 0.361 e. The van der Waals surface area contributed by atoms with Crippen molar-refractivity contribution in [1.29, 1.82) is 0 Å². The fourth-order valence-corrected chi connectivity index (χ4v) is 2.32. The molecule has 0 saturated heterocycles. The molecule has 0 spiro atoms. The molecule has 0 unspecified atom stereocenters. The second-order valence-electron chi connectivity index (χ2n) is 3.96. The Labute approximate surface area is 100 Å². The van der Waals surface area contributed by atoms with Crippen LogP contribution in [0.5, 0.6) is 0 Å². The van der Waals surface area contributed by atoms with E-state index in [1.165, 1.54) is 16.0 Å². The average Bonchev–Trinajstić information content (AvgIpc) is 2.66. The minimum atomic E-state index is 0.861. The Morgan fingerprint density at radius 2 is 1.94 bits per heavy atom. The molecule has 1 aromatic heterocycles. The average molecular weight is 233 g/mol. The summed E-state index contributed by atoms with van der Waals surface area (Å²) in [4.78, 5) is 1.28. The van der Waals surface area contributed by atoms with E-state index in [4.69, 9.17) is 4.52 Å². The summed E-state index contributed by atoms with van der Waals surface area (Å²) in [7, 11) is 0. The van der Waals surface area contributed by atoms with E-state index in [-0.39, 0.29) is 0 Å². The van der Waals surface area contributed by atoms with E-state index in [9.17, 15) is 0 Å². The van der Waals surface area contributed by atoms with Crippen molar-refractivity contribution in [2.24, 2.45) is 0 Å². The van der Waals surface area contributed by atoms with E-state index in [1.54, 1.807) is 11.8 Å². The molecule has 0 aliphatic rings. The fraction of sp³-hybridized carbons (Fsp3) is 0.308. The van der Waals surface area contributed by atoms with Gasteiger partial charge in [-0.05, 0) is 44.0 Å². The van der Waals surface area contributed by atoms with E-state index >= 15 is 0 Å². The molecule has 2 aromatic rings. The molecule has 1 aromatic carbocycles. The van der Waals surface area contributed by atoms with Crippen LogP contribution in [0, 0.1) is 20.8 Å². The van der Waals surface area contributed by atoms with Crippen LogP contribution in [0.1, 0.15) is 22.6 Å². The topological polar surface area (TPSA) is 26.0 Å². The van der Waals surface area contributed by atoms with Crippen LogP contribution in [0.2, 0.25) is 0 Å². The Morgan fingerprint density at radius 3 is 2.56 bits per heavy atom. The van der Waals surface area contributed by atoms with Crippen molar-refractivity contribution < 1.29 is 4.52 Å². The predicted molar refractivity (Wildman–Crippen MR) is 66.7 cm³/mol. The molecule has 0 fully saturated rings. The van der Waals surface area contributed by atoms with Gasteiger partial charge >= 0.3 is 0 Å². The van der Waals surface area contributed by atoms with Gasteiger partial charge in [0.05, 0.1) is 5.69 Å². The maximum absolute atomic E-state index is 5.03. The Balaban J connectivity index is 2.02. The number of thioether (sulfide) groups is 1. The fourth-order valence-electron chi connectivity index (χ4n) is 1.45. The van der Waals surface area contributed by atoms with Crippen molar-refractivity contribution in [3.8, 4) is 0 Å². The van der Waals surface area contributed by atoms with Crippen LogP contribution >= 0.6 is 11.8 Å². The third-order valence-corrected chi connectivity index (χ3v) is 3.57. The summed E-state index contributed by atoms with van der Waals surface area (Å²) in [5, 5.41) is 3.97. The number of hydrogen-bond donors (Lipinski definition) is 0. The smallest absolute Gasteiger partial charge is 0.133 e. The lowest BCUT2D eigenvalue weighted by Crippen LogP contribution is -1.83. The van der Waals surface area contributed by atoms with Gasteiger partial charge < -0.3 is 4.52 Å². The first-order valence-corrected chi connectivity index (χ1v) is 6.26. The van der Waals surface area contributed by atoms with Gasteiger partial charge in [0.15, 0.2) is 0 Å². The van der Waals surface area contributed by atoms with Crippen molar-refractivity contribution in [3.63, 3.8) is 0 Å². The highest BCUT2D eigenvalue weighted by molar-refractivity contribution is 7.98. The van der Waals surface area contributed by atoms with Gasteiger partial charge in [0.2, 0.25) is 0 Å². The Morgan fingerprint density at radius 1 is 1.12 bits per heavy atom. The molecular weight excluding hydrogens is 218 g/mol. The Bertz CT molecular complexity index is 490. The summed E-state index contributed by atoms with van der Waals surface area (Å²) >= 11 is 1.79. The number of rotatable bonds is 3. The van der Waals surface area contributed by atoms with E-state index in [1.807, 2.05) is 13.0 Å². The van der Waals surface area contributed by atoms with Crippen molar-refractivity contribution >= 4 is 11.8 Å². The van der Waals surface area contributed by atoms with E-state index in [0.717, 1.165) is 17.2 Å². The molecule has 0 amide bonds. The van der Waals surface area contributed by atoms with Gasteiger partial charge in [-0.2, -0.15) is 0 Å². The molecular formula is C13H15NOS. The summed E-state index contributed by atoms with van der Waals surface area (Å²) in [6.07, 6.45) is 0. The molecule has 3 heteroatoms. The molecule has 0 N–H and O–H groups in total. The van der Waals surface area contributed by atoms with Crippen LogP contribution in [-0.2, 0) is 5.75 Å². The quantitative estimate of drug-likeness (QED) is 0.752. The Kier molecular flexibility index (Phi) is 3.34. The standard InChI is InChI=1S/C13H15NOS/c1-9-4-5-13(6-10(9)2)16-8-12-7-11(3)15-14-12/h4-7H,8H2,1-3H3. The number of aromatic nitrogens is 1. The molecule has 0 atom stereocenters. The summed E-state index contributed by atoms with van der Waals surface area (Å²) in [5.74, 6) is 1.73. The molecule has 2 rings (SSSR count). The van der Waals surface area contributed by atoms with Gasteiger partial charge in [-0.25, -0.2) is 0 Å². The van der Waals surface area contributed by atoms with Crippen LogP contribution in [0.4, 0.5) is 0 Å². The number of aryl methyl sites for hydroxylation is 3. The van der Waals surface area contributed by atoms with E-state index in [2.05, 4.69) is 37.2 Å². The molecule has 84 valence electrons. The summed E-state index contributed by atoms with van der Waals surface area (Å²) < 4.78 is 5.03. The normalized spacial score (nSPS) is 10.7. The summed E-state index contributed by atoms with van der Waals surface area (Å²) in [5.41, 5.74) is 3.67. The minimum absolute atomic E-state index is 0.861. The van der Waals surface area contributed by atoms with Crippen molar-refractivity contribution in [2.75, 3.05) is 0 Å². The molecule has 16 heavy (non-hydrogen) atoms. The zero-order chi connectivity index (χ0) is 11.5. The van der Waals surface area contributed by atoms with Gasteiger partial charge in [-0.1, -0.05) is 11.2 Å². The summed E-state index contributed by atoms with van der Waals surface area (Å²) in [6, 6.07) is 8.51. The highest BCUT2D eigenvalue weighted by atomic mass is 32.2. The van der Waals surface area contributed by atoms with Gasteiger partial charge in [0.1, 0.15) is 5.76 Å². The predicted octanol–water partition coefficient (Wildman–Crippen LogP) is 3.89. The van der Waals surface area contributed by atoms with E-state index in [0.29, 0.717) is 0 Å². The van der Waals surface area contributed by atoms with Gasteiger partial charge in [-0.15, -0.1) is 11.8 Å². The lowest BCUT2D eigenvalue weighted by molar-refractivity contribution is 0.393. The first-order valence-electron chi connectivity index (χ1n) is 5.27. The highest BCUT2D eigenvalue weighted by Gasteiger charge is 2.02. The number of hydrogen-bond acceptors (Lipinski definition) is 3. The van der Waals surface area contributed by atoms with E-state index < -0.39 is 0 Å². The molecule has 0 aliphatic heterocycles. The van der Waals surface area contributed by atoms with Crippen LogP contribution in [-0.4, -0.2) is 5.16 Å². The molecule has 0 saturated carbocycles. The summed E-state index contributed by atoms with van der Waals surface area (Å²) in [6.45, 7) is 6.18.